The van der Waals surface area contributed by atoms with Crippen LogP contribution in [0.1, 0.15) is 55.5 Å². The maximum atomic E-state index is 13.3. The van der Waals surface area contributed by atoms with Crippen LogP contribution in [-0.2, 0) is 11.3 Å². The Hall–Kier alpha value is -3.14. The fourth-order valence-electron chi connectivity index (χ4n) is 4.23. The van der Waals surface area contributed by atoms with Gasteiger partial charge in [-0.1, -0.05) is 13.8 Å². The second-order valence-electron chi connectivity index (χ2n) is 9.40. The third kappa shape index (κ3) is 4.80. The summed E-state index contributed by atoms with van der Waals surface area (Å²) >= 11 is 0. The van der Waals surface area contributed by atoms with E-state index in [-0.39, 0.29) is 36.0 Å². The molecule has 178 valence electrons. The number of aromatic hydroxyl groups is 1. The number of hydrogen-bond donors (Lipinski definition) is 3. The average molecular weight is 458 g/mol. The van der Waals surface area contributed by atoms with Crippen LogP contribution in [0.3, 0.4) is 0 Å². The number of carbonyl (C=O) groups is 2. The Morgan fingerprint density at radius 1 is 1.30 bits per heavy atom. The summed E-state index contributed by atoms with van der Waals surface area (Å²) in [6, 6.07) is 0.0351. The van der Waals surface area contributed by atoms with E-state index in [0.717, 1.165) is 25.7 Å². The van der Waals surface area contributed by atoms with Crippen molar-refractivity contribution in [2.45, 2.75) is 52.1 Å². The fourth-order valence-corrected chi connectivity index (χ4v) is 4.23. The number of nitrogens with zero attached hydrogens (tertiary/aromatic N) is 4. The predicted octanol–water partition coefficient (Wildman–Crippen LogP) is 0.994. The highest BCUT2D eigenvalue weighted by Gasteiger charge is 2.30. The van der Waals surface area contributed by atoms with Gasteiger partial charge < -0.3 is 20.4 Å². The summed E-state index contributed by atoms with van der Waals surface area (Å²) in [7, 11) is 0. The fraction of sp³-hybridized carbons (Fsp3) is 0.565. The summed E-state index contributed by atoms with van der Waals surface area (Å²) in [6.07, 6.45) is 7.92. The number of nitrogens with one attached hydrogen (secondary N) is 1. The molecule has 2 fully saturated rings. The van der Waals surface area contributed by atoms with Crippen molar-refractivity contribution >= 4 is 23.5 Å². The molecule has 2 aromatic rings. The topological polar surface area (TPSA) is 129 Å². The lowest BCUT2D eigenvalue weighted by molar-refractivity contribution is -0.127. The molecule has 1 aliphatic carbocycles. The van der Waals surface area contributed by atoms with Crippen molar-refractivity contribution in [2.75, 3.05) is 19.7 Å². The van der Waals surface area contributed by atoms with Crippen molar-refractivity contribution < 1.29 is 19.8 Å². The molecule has 3 heterocycles. The zero-order valence-electron chi connectivity index (χ0n) is 19.0. The van der Waals surface area contributed by atoms with Crippen LogP contribution in [0.15, 0.2) is 17.1 Å². The smallest absolute Gasteiger partial charge is 0.270 e. The van der Waals surface area contributed by atoms with E-state index in [9.17, 15) is 24.6 Å². The van der Waals surface area contributed by atoms with Crippen LogP contribution in [0.4, 0.5) is 0 Å². The zero-order chi connectivity index (χ0) is 23.7. The van der Waals surface area contributed by atoms with E-state index < -0.39 is 17.3 Å². The molecule has 1 aliphatic heterocycles. The highest BCUT2D eigenvalue weighted by molar-refractivity contribution is 5.97. The minimum absolute atomic E-state index is 0.0351. The quantitative estimate of drug-likeness (QED) is 0.532. The van der Waals surface area contributed by atoms with Crippen molar-refractivity contribution in [3.8, 4) is 5.88 Å². The van der Waals surface area contributed by atoms with Crippen molar-refractivity contribution in [2.24, 2.45) is 11.8 Å². The molecule has 10 heteroatoms. The molecule has 0 radical (unpaired) electrons. The van der Waals surface area contributed by atoms with Crippen molar-refractivity contribution in [1.82, 2.24) is 24.4 Å². The van der Waals surface area contributed by atoms with E-state index in [4.69, 9.17) is 0 Å². The van der Waals surface area contributed by atoms with Gasteiger partial charge in [-0.2, -0.15) is 9.61 Å². The third-order valence-electron chi connectivity index (χ3n) is 6.09. The Bertz CT molecular complexity index is 1140. The molecule has 3 N–H and O–H groups in total. The molecule has 1 saturated heterocycles. The number of carbonyl (C=O) groups excluding carboxylic acids is 2. The standard InChI is InChI=1S/C23H31N5O5/c1-14(2)11-27-21-16(5-8-18(30)26-9-3-4-15(12-26)13-29)10-24-28(21)23(33)19(22(27)32)20(31)25-17-6-7-17/h5,8,10,14-15,17,29,33H,3-4,6-7,9,11-13H2,1-2H3,(H,25,31)/b8-5+/t15-/m1/s1. The van der Waals surface area contributed by atoms with Gasteiger partial charge in [-0.15, -0.1) is 0 Å². The van der Waals surface area contributed by atoms with E-state index in [1.54, 1.807) is 11.0 Å². The van der Waals surface area contributed by atoms with Crippen LogP contribution in [-0.4, -0.2) is 66.8 Å². The average Bonchev–Trinajstić information content (AvgIpc) is 3.50. The lowest BCUT2D eigenvalue weighted by Gasteiger charge is -2.31. The van der Waals surface area contributed by atoms with Crippen molar-refractivity contribution in [3.63, 3.8) is 0 Å². The first-order valence-corrected chi connectivity index (χ1v) is 11.5. The largest absolute Gasteiger partial charge is 0.492 e. The molecule has 10 nitrogen and oxygen atoms in total. The van der Waals surface area contributed by atoms with Gasteiger partial charge in [0.1, 0.15) is 5.65 Å². The molecule has 0 aromatic carbocycles. The highest BCUT2D eigenvalue weighted by Crippen LogP contribution is 2.24. The van der Waals surface area contributed by atoms with E-state index in [2.05, 4.69) is 10.4 Å². The number of amides is 2. The van der Waals surface area contributed by atoms with Gasteiger partial charge in [-0.3, -0.25) is 19.0 Å². The van der Waals surface area contributed by atoms with Crippen LogP contribution < -0.4 is 10.9 Å². The molecule has 0 spiro atoms. The number of aliphatic hydroxyl groups excluding tert-OH is 1. The number of rotatable bonds is 7. The van der Waals surface area contributed by atoms with Gasteiger partial charge in [-0.25, -0.2) is 0 Å². The lowest BCUT2D eigenvalue weighted by atomic mass is 9.99. The summed E-state index contributed by atoms with van der Waals surface area (Å²) in [5, 5.41) is 27.1. The van der Waals surface area contributed by atoms with Crippen LogP contribution in [0, 0.1) is 11.8 Å². The maximum Gasteiger partial charge on any atom is 0.270 e. The number of aromatic nitrogens is 3. The summed E-state index contributed by atoms with van der Waals surface area (Å²) in [4.78, 5) is 40.3. The van der Waals surface area contributed by atoms with E-state index >= 15 is 0 Å². The van der Waals surface area contributed by atoms with E-state index in [1.165, 1.54) is 21.4 Å². The van der Waals surface area contributed by atoms with Gasteiger partial charge in [0.25, 0.3) is 11.5 Å². The molecular formula is C23H31N5O5. The van der Waals surface area contributed by atoms with Crippen LogP contribution in [0.2, 0.25) is 0 Å². The molecular weight excluding hydrogens is 426 g/mol. The first-order valence-electron chi connectivity index (χ1n) is 11.5. The Labute approximate surface area is 191 Å². The molecule has 2 aliphatic rings. The molecule has 33 heavy (non-hydrogen) atoms. The number of fused-ring (bicyclic) bond motifs is 1. The second-order valence-corrected chi connectivity index (χ2v) is 9.40. The monoisotopic (exact) mass is 457 g/mol. The summed E-state index contributed by atoms with van der Waals surface area (Å²) < 4.78 is 2.62. The molecule has 1 saturated carbocycles. The first-order chi connectivity index (χ1) is 15.8. The molecule has 0 unspecified atom stereocenters. The second kappa shape index (κ2) is 9.38. The zero-order valence-corrected chi connectivity index (χ0v) is 19.0. The summed E-state index contributed by atoms with van der Waals surface area (Å²) in [6.45, 7) is 5.40. The Morgan fingerprint density at radius 2 is 2.06 bits per heavy atom. The van der Waals surface area contributed by atoms with E-state index in [1.807, 2.05) is 13.8 Å². The maximum absolute atomic E-state index is 13.3. The first kappa shape index (κ1) is 23.0. The number of likely N-dealkylation sites (tertiary alicyclic amines) is 1. The number of aliphatic hydroxyl groups is 1. The number of piperidine rings is 1. The predicted molar refractivity (Wildman–Crippen MR) is 122 cm³/mol. The molecule has 0 bridgehead atoms. The Morgan fingerprint density at radius 3 is 2.73 bits per heavy atom. The van der Waals surface area contributed by atoms with Gasteiger partial charge in [0.15, 0.2) is 5.56 Å². The van der Waals surface area contributed by atoms with Gasteiger partial charge in [-0.05, 0) is 43.6 Å². The van der Waals surface area contributed by atoms with Gasteiger partial charge in [0.2, 0.25) is 11.8 Å². The third-order valence-corrected chi connectivity index (χ3v) is 6.09. The normalized spacial score (nSPS) is 19.0. The highest BCUT2D eigenvalue weighted by atomic mass is 16.3. The Balaban J connectivity index is 1.71. The minimum Gasteiger partial charge on any atom is -0.492 e. The summed E-state index contributed by atoms with van der Waals surface area (Å²) in [5.41, 5.74) is -0.102. The van der Waals surface area contributed by atoms with Crippen LogP contribution in [0.5, 0.6) is 5.88 Å². The van der Waals surface area contributed by atoms with E-state index in [0.29, 0.717) is 30.8 Å². The molecule has 4 rings (SSSR count). The van der Waals surface area contributed by atoms with Crippen molar-refractivity contribution in [3.05, 3.63) is 33.8 Å². The summed E-state index contributed by atoms with van der Waals surface area (Å²) in [5.74, 6) is -1.13. The molecule has 2 amide bonds. The van der Waals surface area contributed by atoms with Crippen LogP contribution >= 0.6 is 0 Å². The van der Waals surface area contributed by atoms with Gasteiger partial charge >= 0.3 is 0 Å². The van der Waals surface area contributed by atoms with Crippen molar-refractivity contribution in [1.29, 1.82) is 0 Å². The van der Waals surface area contributed by atoms with Gasteiger partial charge in [0, 0.05) is 43.9 Å². The SMILES string of the molecule is CC(C)Cn1c(=O)c(C(=O)NC2CC2)c(O)n2ncc(/C=C/C(=O)N3CCC[C@@H](CO)C3)c12. The minimum atomic E-state index is -0.606. The molecule has 1 atom stereocenters. The van der Waals surface area contributed by atoms with Gasteiger partial charge in [0.05, 0.1) is 6.20 Å². The lowest BCUT2D eigenvalue weighted by Crippen LogP contribution is -2.40. The Kier molecular flexibility index (Phi) is 6.55. The number of hydrogen-bond acceptors (Lipinski definition) is 6. The van der Waals surface area contributed by atoms with Crippen LogP contribution in [0.25, 0.3) is 11.7 Å². The molecule has 2 aromatic heterocycles.